The van der Waals surface area contributed by atoms with E-state index in [0.717, 1.165) is 0 Å². The summed E-state index contributed by atoms with van der Waals surface area (Å²) < 4.78 is 46.7. The highest BCUT2D eigenvalue weighted by Gasteiger charge is 2.70. The van der Waals surface area contributed by atoms with Crippen molar-refractivity contribution in [3.05, 3.63) is 0 Å². The first kappa shape index (κ1) is 15.6. The smallest absolute Gasteiger partial charge is 0.299 e. The topological polar surface area (TPSA) is 88.0 Å². The summed E-state index contributed by atoms with van der Waals surface area (Å²) in [6, 6.07) is -0.0349. The maximum Gasteiger partial charge on any atom is 0.299 e. The molecule has 4 saturated carbocycles. The molecule has 0 aromatic rings. The number of nitrogens with zero attached hydrogens (tertiary/aromatic N) is 1. The molecular formula is C15H23FN2O4S. The second-order valence-corrected chi connectivity index (χ2v) is 9.88. The van der Waals surface area contributed by atoms with Gasteiger partial charge in [-0.3, -0.25) is 0 Å². The third kappa shape index (κ3) is 2.06. The monoisotopic (exact) mass is 346 g/mol. The number of rotatable bonds is 2. The first-order chi connectivity index (χ1) is 10.7. The van der Waals surface area contributed by atoms with Gasteiger partial charge >= 0.3 is 0 Å². The Balaban J connectivity index is 1.66. The maximum absolute atomic E-state index is 14.3. The van der Waals surface area contributed by atoms with E-state index >= 15 is 0 Å². The Kier molecular flexibility index (Phi) is 2.98. The molecule has 4 aliphatic carbocycles. The molecule has 0 amide bonds. The lowest BCUT2D eigenvalue weighted by Crippen LogP contribution is -2.63. The Bertz CT molecular complexity index is 648. The van der Waals surface area contributed by atoms with Gasteiger partial charge in [0.25, 0.3) is 6.02 Å². The Morgan fingerprint density at radius 2 is 1.74 bits per heavy atom. The maximum atomic E-state index is 14.3. The molecule has 5 fully saturated rings. The minimum absolute atomic E-state index is 0.0349. The molecule has 0 radical (unpaired) electrons. The normalized spacial score (nSPS) is 48.0. The lowest BCUT2D eigenvalue weighted by Gasteiger charge is -2.48. The van der Waals surface area contributed by atoms with Gasteiger partial charge in [-0.25, -0.2) is 22.5 Å². The van der Waals surface area contributed by atoms with Crippen molar-refractivity contribution in [2.45, 2.75) is 79.8 Å². The zero-order valence-corrected chi connectivity index (χ0v) is 14.1. The molecule has 8 heteroatoms. The van der Waals surface area contributed by atoms with Crippen molar-refractivity contribution in [2.24, 2.45) is 4.99 Å². The van der Waals surface area contributed by atoms with E-state index in [4.69, 9.17) is 4.74 Å². The van der Waals surface area contributed by atoms with Crippen molar-refractivity contribution in [3.8, 4) is 0 Å². The van der Waals surface area contributed by atoms with Gasteiger partial charge in [-0.05, 0) is 58.3 Å². The van der Waals surface area contributed by atoms with E-state index in [2.05, 4.69) is 9.71 Å². The molecule has 1 aliphatic heterocycles. The molecule has 5 rings (SSSR count). The number of aliphatic imine (C=N–C) groups is 1. The van der Waals surface area contributed by atoms with Crippen molar-refractivity contribution in [3.63, 3.8) is 0 Å². The average molecular weight is 346 g/mol. The predicted octanol–water partition coefficient (Wildman–Crippen LogP) is 1.39. The van der Waals surface area contributed by atoms with Crippen LogP contribution in [0.15, 0.2) is 4.99 Å². The fraction of sp³-hybridized carbons (Fsp3) is 0.933. The van der Waals surface area contributed by atoms with Crippen LogP contribution >= 0.6 is 0 Å². The van der Waals surface area contributed by atoms with Crippen molar-refractivity contribution in [2.75, 3.05) is 6.61 Å². The van der Waals surface area contributed by atoms with E-state index in [0.29, 0.717) is 51.4 Å². The first-order valence-corrected chi connectivity index (χ1v) is 9.77. The summed E-state index contributed by atoms with van der Waals surface area (Å²) in [6.07, 6.45) is 4.19. The van der Waals surface area contributed by atoms with Crippen molar-refractivity contribution >= 4 is 16.0 Å². The quantitative estimate of drug-likeness (QED) is 0.791. The van der Waals surface area contributed by atoms with E-state index in [9.17, 15) is 17.9 Å². The van der Waals surface area contributed by atoms with E-state index in [1.54, 1.807) is 6.92 Å². The number of sulfonamides is 1. The number of halogens is 1. The molecule has 1 atom stereocenters. The summed E-state index contributed by atoms with van der Waals surface area (Å²) in [6.45, 7) is 1.24. The molecule has 2 N–H and O–H groups in total. The largest absolute Gasteiger partial charge is 0.454 e. The van der Waals surface area contributed by atoms with E-state index < -0.39 is 31.6 Å². The summed E-state index contributed by atoms with van der Waals surface area (Å²) in [7, 11) is -3.64. The highest BCUT2D eigenvalue weighted by Crippen LogP contribution is 2.55. The molecule has 1 spiro atoms. The SMILES string of the molecule is CC1(CO)OC(=NC23CCC(F)(CC2)CC3)NS(=O)(=O)C12CC2. The summed E-state index contributed by atoms with van der Waals surface area (Å²) in [5.41, 5.74) is -2.68. The van der Waals surface area contributed by atoms with Crippen LogP contribution in [0.4, 0.5) is 4.39 Å². The summed E-state index contributed by atoms with van der Waals surface area (Å²) in [4.78, 5) is 4.57. The summed E-state index contributed by atoms with van der Waals surface area (Å²) >= 11 is 0. The molecule has 1 unspecified atom stereocenters. The zero-order chi connectivity index (χ0) is 16.6. The van der Waals surface area contributed by atoms with Gasteiger partial charge in [0.1, 0.15) is 10.4 Å². The second kappa shape index (κ2) is 4.39. The minimum atomic E-state index is -3.64. The van der Waals surface area contributed by atoms with Gasteiger partial charge in [0.15, 0.2) is 5.60 Å². The third-order valence-corrected chi connectivity index (χ3v) is 8.79. The molecule has 1 saturated heterocycles. The Hall–Kier alpha value is -0.890. The number of nitrogens with one attached hydrogen (secondary N) is 1. The molecule has 130 valence electrons. The number of hydrogen-bond donors (Lipinski definition) is 2. The molecule has 2 bridgehead atoms. The number of amidine groups is 1. The number of aliphatic hydroxyl groups is 1. The lowest BCUT2D eigenvalue weighted by atomic mass is 9.64. The van der Waals surface area contributed by atoms with Crippen molar-refractivity contribution < 1.29 is 22.7 Å². The standard InChI is InChI=1S/C15H23FN2O4S/c1-12(10-19)15(8-9-15)23(20,21)18-11(22-12)17-14-5-2-13(16,3-6-14)4-7-14/h19H,2-10H2,1H3,(H,17,18). The van der Waals surface area contributed by atoms with E-state index in [1.807, 2.05) is 0 Å². The molecular weight excluding hydrogens is 323 g/mol. The van der Waals surface area contributed by atoms with Crippen LogP contribution in [0.2, 0.25) is 0 Å². The van der Waals surface area contributed by atoms with Gasteiger partial charge in [-0.2, -0.15) is 0 Å². The van der Waals surface area contributed by atoms with Crippen LogP contribution < -0.4 is 4.72 Å². The van der Waals surface area contributed by atoms with Crippen LogP contribution in [0.3, 0.4) is 0 Å². The number of alkyl halides is 1. The fourth-order valence-corrected chi connectivity index (χ4v) is 6.29. The number of hydrogen-bond acceptors (Lipinski definition) is 5. The number of aliphatic hydroxyl groups excluding tert-OH is 1. The zero-order valence-electron chi connectivity index (χ0n) is 13.3. The second-order valence-electron chi connectivity index (χ2n) is 7.88. The highest BCUT2D eigenvalue weighted by molar-refractivity contribution is 7.92. The van der Waals surface area contributed by atoms with Crippen LogP contribution in [0, 0.1) is 0 Å². The Morgan fingerprint density at radius 3 is 2.22 bits per heavy atom. The Morgan fingerprint density at radius 1 is 1.17 bits per heavy atom. The Labute approximate surface area is 135 Å². The van der Waals surface area contributed by atoms with Gasteiger partial charge in [-0.1, -0.05) is 0 Å². The molecule has 0 aromatic carbocycles. The summed E-state index contributed by atoms with van der Waals surface area (Å²) in [5, 5.41) is 9.72. The molecule has 0 aromatic heterocycles. The molecule has 6 nitrogen and oxygen atoms in total. The van der Waals surface area contributed by atoms with Crippen LogP contribution in [0.1, 0.15) is 58.3 Å². The van der Waals surface area contributed by atoms with Gasteiger partial charge in [0, 0.05) is 0 Å². The summed E-state index contributed by atoms with van der Waals surface area (Å²) in [5.74, 6) is 0. The van der Waals surface area contributed by atoms with E-state index in [1.165, 1.54) is 0 Å². The number of fused-ring (bicyclic) bond motifs is 3. The van der Waals surface area contributed by atoms with Gasteiger partial charge in [0.05, 0.1) is 12.1 Å². The van der Waals surface area contributed by atoms with Gasteiger partial charge in [-0.15, -0.1) is 0 Å². The van der Waals surface area contributed by atoms with Crippen LogP contribution in [-0.2, 0) is 14.8 Å². The minimum Gasteiger partial charge on any atom is -0.454 e. The van der Waals surface area contributed by atoms with Crippen molar-refractivity contribution in [1.29, 1.82) is 0 Å². The predicted molar refractivity (Wildman–Crippen MR) is 82.3 cm³/mol. The molecule has 1 heterocycles. The molecule has 23 heavy (non-hydrogen) atoms. The fourth-order valence-electron chi connectivity index (χ4n) is 4.46. The van der Waals surface area contributed by atoms with Crippen molar-refractivity contribution in [1.82, 2.24) is 4.72 Å². The highest BCUT2D eigenvalue weighted by atomic mass is 32.2. The lowest BCUT2D eigenvalue weighted by molar-refractivity contribution is -0.0129. The van der Waals surface area contributed by atoms with Gasteiger partial charge in [0.2, 0.25) is 10.0 Å². The van der Waals surface area contributed by atoms with E-state index in [-0.39, 0.29) is 12.6 Å². The first-order valence-electron chi connectivity index (χ1n) is 8.28. The van der Waals surface area contributed by atoms with Crippen LogP contribution in [0.5, 0.6) is 0 Å². The molecule has 5 aliphatic rings. The number of ether oxygens (including phenoxy) is 1. The van der Waals surface area contributed by atoms with Crippen LogP contribution in [-0.4, -0.2) is 47.7 Å². The average Bonchev–Trinajstić information content (AvgIpc) is 3.30. The third-order valence-electron chi connectivity index (χ3n) is 6.48. The van der Waals surface area contributed by atoms with Crippen LogP contribution in [0.25, 0.3) is 0 Å². The van der Waals surface area contributed by atoms with Gasteiger partial charge < -0.3 is 9.84 Å².